The minimum absolute atomic E-state index is 0.0799. The Morgan fingerprint density at radius 1 is 1.00 bits per heavy atom. The van der Waals surface area contributed by atoms with Crippen LogP contribution in [0.4, 0.5) is 18.9 Å². The van der Waals surface area contributed by atoms with Crippen molar-refractivity contribution in [3.8, 4) is 0 Å². The van der Waals surface area contributed by atoms with E-state index < -0.39 is 11.7 Å². The maximum absolute atomic E-state index is 12.8. The molecule has 0 atom stereocenters. The number of carbonyl (C=O) groups excluding carboxylic acids is 1. The number of hydrogen-bond acceptors (Lipinski definition) is 3. The van der Waals surface area contributed by atoms with Crippen LogP contribution >= 0.6 is 0 Å². The van der Waals surface area contributed by atoms with Crippen molar-refractivity contribution in [3.63, 3.8) is 0 Å². The number of rotatable bonds is 4. The average molecular weight is 397 g/mol. The molecular formula is C21H30F3N3O. The van der Waals surface area contributed by atoms with Crippen LogP contribution in [0.2, 0.25) is 0 Å². The van der Waals surface area contributed by atoms with Gasteiger partial charge in [0.05, 0.1) is 5.56 Å². The van der Waals surface area contributed by atoms with Gasteiger partial charge in [0.2, 0.25) is 5.91 Å². The largest absolute Gasteiger partial charge is 0.416 e. The Morgan fingerprint density at radius 3 is 2.07 bits per heavy atom. The molecule has 1 saturated carbocycles. The number of anilines is 1. The molecule has 28 heavy (non-hydrogen) atoms. The number of piperazine rings is 1. The van der Waals surface area contributed by atoms with Crippen LogP contribution in [0.15, 0.2) is 24.3 Å². The van der Waals surface area contributed by atoms with Gasteiger partial charge in [-0.05, 0) is 63.8 Å². The van der Waals surface area contributed by atoms with E-state index in [0.29, 0.717) is 11.7 Å². The lowest BCUT2D eigenvalue weighted by molar-refractivity contribution is -0.139. The average Bonchev–Trinajstić information content (AvgIpc) is 2.68. The van der Waals surface area contributed by atoms with E-state index in [-0.39, 0.29) is 17.9 Å². The fraction of sp³-hybridized carbons (Fsp3) is 0.667. The maximum atomic E-state index is 12.8. The van der Waals surface area contributed by atoms with Crippen molar-refractivity contribution in [1.82, 2.24) is 9.80 Å². The summed E-state index contributed by atoms with van der Waals surface area (Å²) in [6.07, 6.45) is -0.909. The van der Waals surface area contributed by atoms with E-state index in [1.807, 2.05) is 4.90 Å². The first-order valence-electron chi connectivity index (χ1n) is 10.2. The second kappa shape index (κ2) is 8.72. The first-order valence-corrected chi connectivity index (χ1v) is 10.2. The number of carbonyl (C=O) groups is 1. The molecule has 0 aromatic heterocycles. The van der Waals surface area contributed by atoms with Gasteiger partial charge >= 0.3 is 6.18 Å². The van der Waals surface area contributed by atoms with Crippen LogP contribution in [0.25, 0.3) is 0 Å². The third-order valence-corrected chi connectivity index (χ3v) is 6.02. The molecule has 1 amide bonds. The van der Waals surface area contributed by atoms with Crippen LogP contribution in [0.3, 0.4) is 0 Å². The highest BCUT2D eigenvalue weighted by molar-refractivity contribution is 5.79. The molecule has 1 saturated heterocycles. The zero-order valence-corrected chi connectivity index (χ0v) is 16.6. The number of amides is 1. The van der Waals surface area contributed by atoms with Gasteiger partial charge in [0.1, 0.15) is 0 Å². The van der Waals surface area contributed by atoms with Gasteiger partial charge < -0.3 is 10.2 Å². The van der Waals surface area contributed by atoms with Crippen molar-refractivity contribution in [2.75, 3.05) is 31.5 Å². The molecule has 0 bridgehead atoms. The molecule has 3 rings (SSSR count). The lowest BCUT2D eigenvalue weighted by atomic mass is 9.85. The molecule has 4 nitrogen and oxygen atoms in total. The Hall–Kier alpha value is -1.76. The number of hydrogen-bond donors (Lipinski definition) is 1. The molecule has 1 aliphatic heterocycles. The fourth-order valence-corrected chi connectivity index (χ4v) is 4.19. The number of nitrogens with one attached hydrogen (secondary N) is 1. The number of halogens is 3. The summed E-state index contributed by atoms with van der Waals surface area (Å²) in [6, 6.07) is 5.90. The second-order valence-electron chi connectivity index (χ2n) is 8.22. The van der Waals surface area contributed by atoms with Gasteiger partial charge in [-0.2, -0.15) is 13.2 Å². The quantitative estimate of drug-likeness (QED) is 0.826. The van der Waals surface area contributed by atoms with Crippen LogP contribution in [0.1, 0.15) is 45.1 Å². The highest BCUT2D eigenvalue weighted by atomic mass is 19.4. The van der Waals surface area contributed by atoms with E-state index in [0.717, 1.165) is 64.0 Å². The Kier molecular flexibility index (Phi) is 6.53. The normalized spacial score (nSPS) is 24.4. The predicted molar refractivity (Wildman–Crippen MR) is 104 cm³/mol. The molecule has 0 radical (unpaired) electrons. The SMILES string of the molecule is CC(C)N1CCN(C(=O)[C@H]2CC[C@@H](Nc3ccc(C(F)(F)F)cc3)CC2)CC1. The van der Waals surface area contributed by atoms with Gasteiger partial charge in [-0.25, -0.2) is 0 Å². The van der Waals surface area contributed by atoms with Crippen molar-refractivity contribution in [2.45, 2.75) is 57.8 Å². The van der Waals surface area contributed by atoms with Gasteiger partial charge in [0, 0.05) is 49.9 Å². The number of benzene rings is 1. The van der Waals surface area contributed by atoms with Crippen LogP contribution in [0.5, 0.6) is 0 Å². The first-order chi connectivity index (χ1) is 13.2. The summed E-state index contributed by atoms with van der Waals surface area (Å²) >= 11 is 0. The molecule has 2 fully saturated rings. The van der Waals surface area contributed by atoms with Gasteiger partial charge in [-0.1, -0.05) is 0 Å². The third kappa shape index (κ3) is 5.19. The molecule has 1 heterocycles. The van der Waals surface area contributed by atoms with Crippen molar-refractivity contribution in [3.05, 3.63) is 29.8 Å². The second-order valence-corrected chi connectivity index (χ2v) is 8.22. The lowest BCUT2D eigenvalue weighted by Gasteiger charge is -2.39. The summed E-state index contributed by atoms with van der Waals surface area (Å²) in [5.41, 5.74) is 0.0671. The lowest BCUT2D eigenvalue weighted by Crippen LogP contribution is -2.52. The summed E-state index contributed by atoms with van der Waals surface area (Å²) < 4.78 is 38.0. The van der Waals surface area contributed by atoms with Crippen molar-refractivity contribution >= 4 is 11.6 Å². The summed E-state index contributed by atoms with van der Waals surface area (Å²) in [5, 5.41) is 3.32. The zero-order chi connectivity index (χ0) is 20.3. The summed E-state index contributed by atoms with van der Waals surface area (Å²) in [4.78, 5) is 17.2. The van der Waals surface area contributed by atoms with Crippen molar-refractivity contribution in [1.29, 1.82) is 0 Å². The zero-order valence-electron chi connectivity index (χ0n) is 16.6. The molecule has 0 spiro atoms. The van der Waals surface area contributed by atoms with Crippen LogP contribution in [-0.4, -0.2) is 54.0 Å². The van der Waals surface area contributed by atoms with E-state index in [4.69, 9.17) is 0 Å². The first kappa shape index (κ1) is 21.0. The topological polar surface area (TPSA) is 35.6 Å². The van der Waals surface area contributed by atoms with E-state index >= 15 is 0 Å². The Labute approximate surface area is 165 Å². The van der Waals surface area contributed by atoms with Crippen LogP contribution in [-0.2, 0) is 11.0 Å². The highest BCUT2D eigenvalue weighted by Crippen LogP contribution is 2.31. The molecular weight excluding hydrogens is 367 g/mol. The molecule has 1 aromatic carbocycles. The van der Waals surface area contributed by atoms with Gasteiger partial charge in [-0.15, -0.1) is 0 Å². The molecule has 1 aliphatic carbocycles. The number of alkyl halides is 3. The Bertz CT molecular complexity index is 644. The highest BCUT2D eigenvalue weighted by Gasteiger charge is 2.32. The van der Waals surface area contributed by atoms with Gasteiger partial charge in [-0.3, -0.25) is 9.69 Å². The van der Waals surface area contributed by atoms with Crippen LogP contribution in [0, 0.1) is 5.92 Å². The summed E-state index contributed by atoms with van der Waals surface area (Å²) in [6.45, 7) is 7.86. The van der Waals surface area contributed by atoms with Crippen LogP contribution < -0.4 is 5.32 Å². The Morgan fingerprint density at radius 2 is 1.57 bits per heavy atom. The molecule has 7 heteroatoms. The number of nitrogens with zero attached hydrogens (tertiary/aromatic N) is 2. The van der Waals surface area contributed by atoms with Gasteiger partial charge in [0.25, 0.3) is 0 Å². The van der Waals surface area contributed by atoms with E-state index in [1.165, 1.54) is 12.1 Å². The monoisotopic (exact) mass is 397 g/mol. The van der Waals surface area contributed by atoms with Crippen molar-refractivity contribution in [2.24, 2.45) is 5.92 Å². The standard InChI is InChI=1S/C21H30F3N3O/c1-15(2)26-11-13-27(14-12-26)20(28)16-3-7-18(8-4-16)25-19-9-5-17(6-10-19)21(22,23)24/h5-6,9-10,15-16,18,25H,3-4,7-8,11-14H2,1-2H3/t16-,18+. The molecule has 0 unspecified atom stereocenters. The van der Waals surface area contributed by atoms with E-state index in [1.54, 1.807) is 0 Å². The van der Waals surface area contributed by atoms with E-state index in [2.05, 4.69) is 24.1 Å². The molecule has 2 aliphatic rings. The minimum Gasteiger partial charge on any atom is -0.382 e. The third-order valence-electron chi connectivity index (χ3n) is 6.02. The smallest absolute Gasteiger partial charge is 0.382 e. The predicted octanol–water partition coefficient (Wildman–Crippen LogP) is 4.23. The fourth-order valence-electron chi connectivity index (χ4n) is 4.19. The molecule has 156 valence electrons. The Balaban J connectivity index is 1.45. The summed E-state index contributed by atoms with van der Waals surface area (Å²) in [5.74, 6) is 0.354. The maximum Gasteiger partial charge on any atom is 0.416 e. The molecule has 1 aromatic rings. The molecule has 1 N–H and O–H groups in total. The van der Waals surface area contributed by atoms with Gasteiger partial charge in [0.15, 0.2) is 0 Å². The van der Waals surface area contributed by atoms with E-state index in [9.17, 15) is 18.0 Å². The minimum atomic E-state index is -4.31. The summed E-state index contributed by atoms with van der Waals surface area (Å²) in [7, 11) is 0. The van der Waals surface area contributed by atoms with Crippen molar-refractivity contribution < 1.29 is 18.0 Å².